The maximum Gasteiger partial charge on any atom is 0.416 e. The van der Waals surface area contributed by atoms with E-state index < -0.39 is 29.9 Å². The molecule has 1 fully saturated rings. The first kappa shape index (κ1) is 28.8. The zero-order chi connectivity index (χ0) is 30.5. The molecule has 11 nitrogen and oxygen atoms in total. The molecular formula is C29H31F3N8O3. The number of fused-ring (bicyclic) bond motifs is 1. The van der Waals surface area contributed by atoms with E-state index in [1.807, 2.05) is 14.0 Å². The highest BCUT2D eigenvalue weighted by Gasteiger charge is 2.41. The summed E-state index contributed by atoms with van der Waals surface area (Å²) in [5.74, 6) is 0.628. The second-order valence-corrected chi connectivity index (χ2v) is 10.8. The lowest BCUT2D eigenvalue weighted by Crippen LogP contribution is -2.24. The van der Waals surface area contributed by atoms with Gasteiger partial charge in [-0.15, -0.1) is 10.2 Å². The highest BCUT2D eigenvalue weighted by atomic mass is 19.4. The smallest absolute Gasteiger partial charge is 0.390 e. The number of benzene rings is 1. The van der Waals surface area contributed by atoms with Gasteiger partial charge in [-0.2, -0.15) is 18.3 Å². The van der Waals surface area contributed by atoms with Crippen LogP contribution in [-0.4, -0.2) is 59.3 Å². The predicted molar refractivity (Wildman–Crippen MR) is 151 cm³/mol. The van der Waals surface area contributed by atoms with Gasteiger partial charge < -0.3 is 19.7 Å². The molecule has 0 spiro atoms. The average molecular weight is 597 g/mol. The monoisotopic (exact) mass is 596 g/mol. The summed E-state index contributed by atoms with van der Waals surface area (Å²) < 4.78 is 52.1. The first-order valence-corrected chi connectivity index (χ1v) is 14.0. The van der Waals surface area contributed by atoms with E-state index in [2.05, 4.69) is 25.6 Å². The highest BCUT2D eigenvalue weighted by Crippen LogP contribution is 2.41. The van der Waals surface area contributed by atoms with Crippen molar-refractivity contribution >= 4 is 17.5 Å². The van der Waals surface area contributed by atoms with Crippen LogP contribution >= 0.6 is 0 Å². The van der Waals surface area contributed by atoms with Crippen LogP contribution in [0, 0.1) is 0 Å². The molecule has 2 atom stereocenters. The summed E-state index contributed by atoms with van der Waals surface area (Å²) in [5, 5.41) is 25.8. The number of aliphatic hydroxyl groups excluding tert-OH is 1. The minimum Gasteiger partial charge on any atom is -0.390 e. The van der Waals surface area contributed by atoms with Crippen LogP contribution < -0.4 is 10.2 Å². The second-order valence-electron chi connectivity index (χ2n) is 10.8. The zero-order valence-corrected chi connectivity index (χ0v) is 23.9. The summed E-state index contributed by atoms with van der Waals surface area (Å²) in [6, 6.07) is 5.95. The summed E-state index contributed by atoms with van der Waals surface area (Å²) in [4.78, 5) is 19.6. The molecule has 2 N–H and O–H groups in total. The SMILES string of the molecule is CCNc1cc(-c2c(-c3nncn3C)cnn2C)cc(N2Cc3c(cc(CO[C@@H]4CCC[C@@H]4O)cc3C(F)(F)F)C2=O)n1. The minimum atomic E-state index is -4.69. The lowest BCUT2D eigenvalue weighted by molar-refractivity contribution is -0.138. The fraction of sp³-hybridized carbons (Fsp3) is 0.414. The number of carbonyl (C=O) groups is 1. The van der Waals surface area contributed by atoms with Gasteiger partial charge >= 0.3 is 6.18 Å². The average Bonchev–Trinajstić information content (AvgIpc) is 3.74. The van der Waals surface area contributed by atoms with Crippen molar-refractivity contribution in [3.8, 4) is 22.6 Å². The van der Waals surface area contributed by atoms with Crippen molar-refractivity contribution in [2.24, 2.45) is 14.1 Å². The van der Waals surface area contributed by atoms with Crippen molar-refractivity contribution in [1.29, 1.82) is 0 Å². The topological polar surface area (TPSA) is 123 Å². The summed E-state index contributed by atoms with van der Waals surface area (Å²) in [6.07, 6.45) is -0.526. The van der Waals surface area contributed by atoms with E-state index in [-0.39, 0.29) is 35.7 Å². The summed E-state index contributed by atoms with van der Waals surface area (Å²) >= 11 is 0. The van der Waals surface area contributed by atoms with E-state index in [4.69, 9.17) is 4.74 Å². The van der Waals surface area contributed by atoms with Crippen LogP contribution in [0.15, 0.2) is 36.8 Å². The van der Waals surface area contributed by atoms with Gasteiger partial charge in [0.25, 0.3) is 5.91 Å². The van der Waals surface area contributed by atoms with E-state index in [0.717, 1.165) is 12.5 Å². The van der Waals surface area contributed by atoms with Gasteiger partial charge in [0.2, 0.25) is 0 Å². The quantitative estimate of drug-likeness (QED) is 0.309. The van der Waals surface area contributed by atoms with Gasteiger partial charge in [-0.05, 0) is 61.6 Å². The molecule has 4 heterocycles. The number of alkyl halides is 3. The Morgan fingerprint density at radius 1 is 1.14 bits per heavy atom. The number of pyridine rings is 1. The molecule has 43 heavy (non-hydrogen) atoms. The number of aliphatic hydroxyl groups is 1. The van der Waals surface area contributed by atoms with Crippen molar-refractivity contribution < 1.29 is 27.8 Å². The number of nitrogens with zero attached hydrogens (tertiary/aromatic N) is 7. The van der Waals surface area contributed by atoms with Crippen LogP contribution in [0.2, 0.25) is 0 Å². The van der Waals surface area contributed by atoms with E-state index in [1.54, 1.807) is 41.0 Å². The minimum absolute atomic E-state index is 0.0436. The number of hydrogen-bond acceptors (Lipinski definition) is 8. The fourth-order valence-corrected chi connectivity index (χ4v) is 5.83. The Kier molecular flexibility index (Phi) is 7.42. The van der Waals surface area contributed by atoms with E-state index in [9.17, 15) is 23.1 Å². The number of anilines is 2. The molecule has 1 aliphatic heterocycles. The Labute approximate surface area is 245 Å². The Morgan fingerprint density at radius 3 is 2.63 bits per heavy atom. The van der Waals surface area contributed by atoms with Crippen LogP contribution in [0.3, 0.4) is 0 Å². The molecule has 0 saturated heterocycles. The highest BCUT2D eigenvalue weighted by molar-refractivity contribution is 6.10. The van der Waals surface area contributed by atoms with Crippen LogP contribution in [0.1, 0.15) is 53.2 Å². The second kappa shape index (κ2) is 11.1. The number of carbonyl (C=O) groups excluding carboxylic acids is 1. The standard InChI is InChI=1S/C29H31F3N8O3/c1-4-33-24-10-17(26-19(12-35-39(26)3)27-37-34-15-38(27)2)11-25(36-24)40-13-20-18(28(40)42)8-16(9-21(20)29(30,31)32)14-43-23-7-5-6-22(23)41/h8-12,15,22-23,41H,4-7,13-14H2,1-3H3,(H,33,36)/t22-,23+/m0/s1. The van der Waals surface area contributed by atoms with Crippen molar-refractivity contribution in [2.75, 3.05) is 16.8 Å². The molecule has 3 aromatic heterocycles. The largest absolute Gasteiger partial charge is 0.416 e. The number of rotatable bonds is 8. The Hall–Kier alpha value is -4.30. The van der Waals surface area contributed by atoms with Gasteiger partial charge in [-0.25, -0.2) is 4.98 Å². The third-order valence-corrected chi connectivity index (χ3v) is 7.90. The summed E-state index contributed by atoms with van der Waals surface area (Å²) in [5.41, 5.74) is 1.19. The maximum atomic E-state index is 14.3. The first-order chi connectivity index (χ1) is 20.5. The number of hydrogen-bond donors (Lipinski definition) is 2. The van der Waals surface area contributed by atoms with Gasteiger partial charge in [0.1, 0.15) is 18.0 Å². The van der Waals surface area contributed by atoms with Crippen molar-refractivity contribution in [3.05, 3.63) is 59.0 Å². The number of aromatic nitrogens is 6. The molecule has 1 saturated carbocycles. The van der Waals surface area contributed by atoms with Gasteiger partial charge in [0.05, 0.1) is 48.4 Å². The molecule has 226 valence electrons. The van der Waals surface area contributed by atoms with Crippen LogP contribution in [0.5, 0.6) is 0 Å². The molecular weight excluding hydrogens is 565 g/mol. The lowest BCUT2D eigenvalue weighted by Gasteiger charge is -2.18. The number of amides is 1. The Bertz CT molecular complexity index is 1680. The number of ether oxygens (including phenoxy) is 1. The lowest BCUT2D eigenvalue weighted by atomic mass is 9.99. The Balaban J connectivity index is 1.39. The van der Waals surface area contributed by atoms with Crippen molar-refractivity contribution in [2.45, 2.75) is 57.7 Å². The van der Waals surface area contributed by atoms with Crippen LogP contribution in [0.25, 0.3) is 22.6 Å². The molecule has 1 aromatic carbocycles. The van der Waals surface area contributed by atoms with Gasteiger partial charge in [-0.3, -0.25) is 14.4 Å². The molecule has 1 amide bonds. The van der Waals surface area contributed by atoms with Crippen LogP contribution in [0.4, 0.5) is 24.8 Å². The van der Waals surface area contributed by atoms with Gasteiger partial charge in [0, 0.05) is 31.8 Å². The Morgan fingerprint density at radius 2 is 1.95 bits per heavy atom. The molecule has 4 aromatic rings. The predicted octanol–water partition coefficient (Wildman–Crippen LogP) is 4.32. The van der Waals surface area contributed by atoms with Crippen molar-refractivity contribution in [3.63, 3.8) is 0 Å². The van der Waals surface area contributed by atoms with E-state index in [1.165, 1.54) is 11.0 Å². The molecule has 14 heteroatoms. The molecule has 6 rings (SSSR count). The molecule has 0 radical (unpaired) electrons. The molecule has 0 bridgehead atoms. The molecule has 2 aliphatic rings. The van der Waals surface area contributed by atoms with E-state index >= 15 is 0 Å². The number of halogens is 3. The van der Waals surface area contributed by atoms with E-state index in [0.29, 0.717) is 47.8 Å². The number of nitrogens with one attached hydrogen (secondary N) is 1. The zero-order valence-electron chi connectivity index (χ0n) is 23.9. The normalized spacial score (nSPS) is 18.5. The number of aryl methyl sites for hydroxylation is 2. The fourth-order valence-electron chi connectivity index (χ4n) is 5.83. The third-order valence-electron chi connectivity index (χ3n) is 7.90. The van der Waals surface area contributed by atoms with Gasteiger partial charge in [0.15, 0.2) is 5.82 Å². The van der Waals surface area contributed by atoms with Crippen LogP contribution in [-0.2, 0) is 38.2 Å². The first-order valence-electron chi connectivity index (χ1n) is 14.0. The van der Waals surface area contributed by atoms with Crippen molar-refractivity contribution in [1.82, 2.24) is 29.5 Å². The molecule has 0 unspecified atom stereocenters. The molecule has 1 aliphatic carbocycles. The third kappa shape index (κ3) is 5.36. The van der Waals surface area contributed by atoms with Gasteiger partial charge in [-0.1, -0.05) is 0 Å². The summed E-state index contributed by atoms with van der Waals surface area (Å²) in [6.45, 7) is 1.98. The summed E-state index contributed by atoms with van der Waals surface area (Å²) in [7, 11) is 3.57. The maximum absolute atomic E-state index is 14.3.